The molecule has 2 unspecified atom stereocenters. The molecule has 0 bridgehead atoms. The summed E-state index contributed by atoms with van der Waals surface area (Å²) in [5.41, 5.74) is 5.08. The van der Waals surface area contributed by atoms with Crippen LogP contribution < -0.4 is 11.1 Å². The lowest BCUT2D eigenvalue weighted by Gasteiger charge is -2.28. The van der Waals surface area contributed by atoms with E-state index in [-0.39, 0.29) is 5.91 Å². The molecule has 1 aliphatic carbocycles. The van der Waals surface area contributed by atoms with Gasteiger partial charge >= 0.3 is 0 Å². The van der Waals surface area contributed by atoms with E-state index in [4.69, 9.17) is 10.5 Å². The van der Waals surface area contributed by atoms with Crippen LogP contribution in [0.3, 0.4) is 0 Å². The fourth-order valence-corrected chi connectivity index (χ4v) is 2.27. The van der Waals surface area contributed by atoms with Crippen molar-refractivity contribution in [2.24, 2.45) is 5.73 Å². The molecule has 4 nitrogen and oxygen atoms in total. The molecular weight excluding hydrogens is 204 g/mol. The number of amides is 1. The average molecular weight is 228 g/mol. The highest BCUT2D eigenvalue weighted by molar-refractivity contribution is 5.73. The Kier molecular flexibility index (Phi) is 6.42. The van der Waals surface area contributed by atoms with Gasteiger partial charge in [0.1, 0.15) is 0 Å². The normalized spacial score (nSPS) is 25.6. The molecule has 0 aliphatic heterocycles. The highest BCUT2D eigenvalue weighted by atomic mass is 16.5. The molecule has 1 saturated carbocycles. The van der Waals surface area contributed by atoms with Gasteiger partial charge in [-0.25, -0.2) is 0 Å². The second kappa shape index (κ2) is 7.63. The quantitative estimate of drug-likeness (QED) is 0.643. The van der Waals surface area contributed by atoms with Crippen LogP contribution in [-0.2, 0) is 9.53 Å². The molecule has 94 valence electrons. The third kappa shape index (κ3) is 5.47. The first-order valence-corrected chi connectivity index (χ1v) is 6.27. The number of rotatable bonds is 7. The summed E-state index contributed by atoms with van der Waals surface area (Å²) in [4.78, 5) is 10.5. The minimum Gasteiger partial charge on any atom is -0.381 e. The molecule has 3 N–H and O–H groups in total. The van der Waals surface area contributed by atoms with Crippen molar-refractivity contribution in [2.75, 3.05) is 13.7 Å². The number of ether oxygens (including phenoxy) is 1. The second-order valence-electron chi connectivity index (χ2n) is 4.60. The number of methoxy groups -OCH3 is 1. The van der Waals surface area contributed by atoms with Crippen LogP contribution in [0.15, 0.2) is 0 Å². The van der Waals surface area contributed by atoms with Gasteiger partial charge in [0.15, 0.2) is 0 Å². The predicted octanol–water partition coefficient (Wildman–Crippen LogP) is 1.19. The van der Waals surface area contributed by atoms with Crippen molar-refractivity contribution in [3.8, 4) is 0 Å². The molecule has 4 heteroatoms. The Hall–Kier alpha value is -0.610. The predicted molar refractivity (Wildman–Crippen MR) is 64.1 cm³/mol. The molecule has 0 aromatic rings. The Morgan fingerprint density at radius 2 is 2.25 bits per heavy atom. The third-order valence-corrected chi connectivity index (χ3v) is 3.24. The van der Waals surface area contributed by atoms with E-state index in [2.05, 4.69) is 5.32 Å². The summed E-state index contributed by atoms with van der Waals surface area (Å²) in [5.74, 6) is -0.197. The van der Waals surface area contributed by atoms with Gasteiger partial charge in [-0.3, -0.25) is 4.79 Å². The number of carbonyl (C=O) groups is 1. The average Bonchev–Trinajstić information content (AvgIpc) is 2.28. The van der Waals surface area contributed by atoms with Crippen LogP contribution in [0, 0.1) is 0 Å². The van der Waals surface area contributed by atoms with E-state index < -0.39 is 0 Å². The van der Waals surface area contributed by atoms with Crippen LogP contribution in [0.5, 0.6) is 0 Å². The summed E-state index contributed by atoms with van der Waals surface area (Å²) in [6.45, 7) is 0.981. The number of primary amides is 1. The van der Waals surface area contributed by atoms with E-state index in [1.165, 1.54) is 19.3 Å². The highest BCUT2D eigenvalue weighted by Crippen LogP contribution is 2.20. The molecule has 16 heavy (non-hydrogen) atoms. The van der Waals surface area contributed by atoms with Crippen molar-refractivity contribution < 1.29 is 9.53 Å². The van der Waals surface area contributed by atoms with Gasteiger partial charge in [0.25, 0.3) is 0 Å². The maximum atomic E-state index is 10.5. The molecule has 1 amide bonds. The zero-order valence-corrected chi connectivity index (χ0v) is 10.2. The van der Waals surface area contributed by atoms with E-state index in [0.717, 1.165) is 25.8 Å². The molecule has 0 radical (unpaired) electrons. The maximum absolute atomic E-state index is 10.5. The number of carbonyl (C=O) groups excluding carboxylic acids is 1. The standard InChI is InChI=1S/C12H24N2O2/c1-16-11-6-4-5-10(9-11)14-8-3-2-7-12(13)15/h10-11,14H,2-9H2,1H3,(H2,13,15). The van der Waals surface area contributed by atoms with Crippen LogP contribution >= 0.6 is 0 Å². The van der Waals surface area contributed by atoms with Gasteiger partial charge in [-0.1, -0.05) is 0 Å². The lowest BCUT2D eigenvalue weighted by molar-refractivity contribution is -0.118. The summed E-state index contributed by atoms with van der Waals surface area (Å²) in [5, 5.41) is 3.53. The van der Waals surface area contributed by atoms with E-state index in [1.807, 2.05) is 0 Å². The van der Waals surface area contributed by atoms with Crippen molar-refractivity contribution in [3.63, 3.8) is 0 Å². The Balaban J connectivity index is 2.01. The first kappa shape index (κ1) is 13.5. The molecule has 0 spiro atoms. The van der Waals surface area contributed by atoms with Crippen LogP contribution in [0.2, 0.25) is 0 Å². The Labute approximate surface area is 97.9 Å². The molecule has 2 atom stereocenters. The van der Waals surface area contributed by atoms with Crippen molar-refractivity contribution in [1.82, 2.24) is 5.32 Å². The first-order valence-electron chi connectivity index (χ1n) is 6.27. The highest BCUT2D eigenvalue weighted by Gasteiger charge is 2.20. The van der Waals surface area contributed by atoms with E-state index in [0.29, 0.717) is 18.6 Å². The number of nitrogens with two attached hydrogens (primary N) is 1. The largest absolute Gasteiger partial charge is 0.381 e. The van der Waals surface area contributed by atoms with Crippen molar-refractivity contribution in [2.45, 2.75) is 57.1 Å². The van der Waals surface area contributed by atoms with Crippen LogP contribution in [0.1, 0.15) is 44.9 Å². The Bertz CT molecular complexity index is 209. The SMILES string of the molecule is COC1CCCC(NCCCCC(N)=O)C1. The molecule has 0 aromatic heterocycles. The zero-order valence-electron chi connectivity index (χ0n) is 10.2. The second-order valence-corrected chi connectivity index (χ2v) is 4.60. The van der Waals surface area contributed by atoms with Crippen molar-refractivity contribution >= 4 is 5.91 Å². The summed E-state index contributed by atoms with van der Waals surface area (Å²) >= 11 is 0. The smallest absolute Gasteiger partial charge is 0.217 e. The van der Waals surface area contributed by atoms with Gasteiger partial charge in [0.05, 0.1) is 6.10 Å². The molecule has 1 fully saturated rings. The molecule has 1 rings (SSSR count). The van der Waals surface area contributed by atoms with E-state index in [9.17, 15) is 4.79 Å². The lowest BCUT2D eigenvalue weighted by atomic mass is 9.93. The molecule has 1 aliphatic rings. The number of unbranched alkanes of at least 4 members (excludes halogenated alkanes) is 1. The lowest BCUT2D eigenvalue weighted by Crippen LogP contribution is -2.37. The summed E-state index contributed by atoms with van der Waals surface area (Å²) in [7, 11) is 1.79. The van der Waals surface area contributed by atoms with Gasteiger partial charge < -0.3 is 15.8 Å². The van der Waals surface area contributed by atoms with Crippen molar-refractivity contribution in [3.05, 3.63) is 0 Å². The van der Waals surface area contributed by atoms with Gasteiger partial charge in [-0.2, -0.15) is 0 Å². The minimum absolute atomic E-state index is 0.197. The van der Waals surface area contributed by atoms with E-state index >= 15 is 0 Å². The number of nitrogens with one attached hydrogen (secondary N) is 1. The van der Waals surface area contributed by atoms with Gasteiger partial charge in [-0.15, -0.1) is 0 Å². The first-order chi connectivity index (χ1) is 7.72. The zero-order chi connectivity index (χ0) is 11.8. The van der Waals surface area contributed by atoms with Gasteiger partial charge in [0, 0.05) is 19.6 Å². The topological polar surface area (TPSA) is 64.3 Å². The molecule has 0 heterocycles. The van der Waals surface area contributed by atoms with Crippen LogP contribution in [0.4, 0.5) is 0 Å². The molecule has 0 saturated heterocycles. The fourth-order valence-electron chi connectivity index (χ4n) is 2.27. The van der Waals surface area contributed by atoms with Gasteiger partial charge in [-0.05, 0) is 45.1 Å². The minimum atomic E-state index is -0.197. The summed E-state index contributed by atoms with van der Waals surface area (Å²) < 4.78 is 5.38. The maximum Gasteiger partial charge on any atom is 0.217 e. The summed E-state index contributed by atoms with van der Waals surface area (Å²) in [6.07, 6.45) is 7.65. The van der Waals surface area contributed by atoms with Crippen LogP contribution in [0.25, 0.3) is 0 Å². The Morgan fingerprint density at radius 1 is 1.44 bits per heavy atom. The summed E-state index contributed by atoms with van der Waals surface area (Å²) in [6, 6.07) is 0.590. The molecular formula is C12H24N2O2. The monoisotopic (exact) mass is 228 g/mol. The van der Waals surface area contributed by atoms with E-state index in [1.54, 1.807) is 7.11 Å². The third-order valence-electron chi connectivity index (χ3n) is 3.24. The molecule has 0 aromatic carbocycles. The Morgan fingerprint density at radius 3 is 2.94 bits per heavy atom. The number of hydrogen-bond donors (Lipinski definition) is 2. The van der Waals surface area contributed by atoms with Crippen molar-refractivity contribution in [1.29, 1.82) is 0 Å². The van der Waals surface area contributed by atoms with Gasteiger partial charge in [0.2, 0.25) is 5.91 Å². The fraction of sp³-hybridized carbons (Fsp3) is 0.917. The number of hydrogen-bond acceptors (Lipinski definition) is 3. The van der Waals surface area contributed by atoms with Crippen LogP contribution in [-0.4, -0.2) is 31.7 Å².